The molecule has 0 saturated carbocycles. The Balaban J connectivity index is 1.86. The number of piperidine rings is 1. The monoisotopic (exact) mass is 250 g/mol. The topological polar surface area (TPSA) is 42.7 Å². The van der Waals surface area contributed by atoms with Crippen molar-refractivity contribution in [2.75, 3.05) is 13.1 Å². The predicted molar refractivity (Wildman–Crippen MR) is 73.5 cm³/mol. The summed E-state index contributed by atoms with van der Waals surface area (Å²) >= 11 is 0. The van der Waals surface area contributed by atoms with Crippen molar-refractivity contribution in [2.45, 2.75) is 46.0 Å². The first-order valence-electron chi connectivity index (χ1n) is 7.24. The Morgan fingerprint density at radius 3 is 2.72 bits per heavy atom. The van der Waals surface area contributed by atoms with Gasteiger partial charge in [-0.2, -0.15) is 5.10 Å². The lowest BCUT2D eigenvalue weighted by Crippen LogP contribution is -2.28. The van der Waals surface area contributed by atoms with Crippen molar-refractivity contribution >= 4 is 0 Å². The Hall–Kier alpha value is -0.900. The summed E-state index contributed by atoms with van der Waals surface area (Å²) < 4.78 is 1.97. The number of nitrogens with one attached hydrogen (secondary N) is 1. The molecule has 1 fully saturated rings. The Morgan fingerprint density at radius 2 is 2.06 bits per heavy atom. The fraction of sp³-hybridized carbons (Fsp3) is 0.857. The molecular formula is C14H26N4. The summed E-state index contributed by atoms with van der Waals surface area (Å²) in [6, 6.07) is 0. The highest BCUT2D eigenvalue weighted by molar-refractivity contribution is 4.94. The van der Waals surface area contributed by atoms with E-state index in [0.717, 1.165) is 30.4 Å². The smallest absolute Gasteiger partial charge is 0.151 e. The standard InChI is InChI=1S/C14H26N4/c1-11(2)10-13-16-14(18(3)17-13)5-4-12-6-8-15-9-7-12/h11-12,15H,4-10H2,1-3H3. The third-order valence-electron chi connectivity index (χ3n) is 3.72. The van der Waals surface area contributed by atoms with Gasteiger partial charge in [0.15, 0.2) is 5.82 Å². The number of hydrogen-bond donors (Lipinski definition) is 1. The fourth-order valence-electron chi connectivity index (χ4n) is 2.65. The lowest BCUT2D eigenvalue weighted by molar-refractivity contribution is 0.351. The van der Waals surface area contributed by atoms with E-state index in [4.69, 9.17) is 0 Å². The van der Waals surface area contributed by atoms with Crippen LogP contribution in [-0.2, 0) is 19.9 Å². The van der Waals surface area contributed by atoms with Crippen molar-refractivity contribution in [1.29, 1.82) is 0 Å². The van der Waals surface area contributed by atoms with E-state index in [1.54, 1.807) is 0 Å². The molecule has 0 radical (unpaired) electrons. The summed E-state index contributed by atoms with van der Waals surface area (Å²) in [6.07, 6.45) is 5.95. The van der Waals surface area contributed by atoms with Gasteiger partial charge < -0.3 is 5.32 Å². The highest BCUT2D eigenvalue weighted by atomic mass is 15.3. The summed E-state index contributed by atoms with van der Waals surface area (Å²) in [5.74, 6) is 3.66. The van der Waals surface area contributed by atoms with E-state index >= 15 is 0 Å². The predicted octanol–water partition coefficient (Wildman–Crippen LogP) is 1.95. The van der Waals surface area contributed by atoms with Crippen LogP contribution in [0.25, 0.3) is 0 Å². The lowest BCUT2D eigenvalue weighted by atomic mass is 9.93. The molecular weight excluding hydrogens is 224 g/mol. The SMILES string of the molecule is CC(C)Cc1nc(CCC2CCNCC2)n(C)n1. The van der Waals surface area contributed by atoms with Gasteiger partial charge in [0.05, 0.1) is 0 Å². The van der Waals surface area contributed by atoms with Gasteiger partial charge in [0, 0.05) is 19.9 Å². The van der Waals surface area contributed by atoms with Crippen LogP contribution >= 0.6 is 0 Å². The molecule has 102 valence electrons. The van der Waals surface area contributed by atoms with Crippen molar-refractivity contribution < 1.29 is 0 Å². The first-order chi connectivity index (χ1) is 8.65. The van der Waals surface area contributed by atoms with E-state index in [0.29, 0.717) is 5.92 Å². The molecule has 0 amide bonds. The van der Waals surface area contributed by atoms with Crippen LogP contribution in [0.4, 0.5) is 0 Å². The summed E-state index contributed by atoms with van der Waals surface area (Å²) in [7, 11) is 2.02. The zero-order chi connectivity index (χ0) is 13.0. The van der Waals surface area contributed by atoms with Crippen LogP contribution in [-0.4, -0.2) is 27.9 Å². The zero-order valence-electron chi connectivity index (χ0n) is 11.9. The molecule has 4 heteroatoms. The van der Waals surface area contributed by atoms with Gasteiger partial charge in [-0.05, 0) is 44.2 Å². The maximum atomic E-state index is 4.67. The Morgan fingerprint density at radius 1 is 1.33 bits per heavy atom. The molecule has 2 heterocycles. The Kier molecular flexibility index (Phi) is 4.75. The Bertz CT molecular complexity index is 364. The summed E-state index contributed by atoms with van der Waals surface area (Å²) in [6.45, 7) is 6.79. The van der Waals surface area contributed by atoms with Crippen LogP contribution < -0.4 is 5.32 Å². The molecule has 2 rings (SSSR count). The molecule has 0 spiro atoms. The zero-order valence-corrected chi connectivity index (χ0v) is 11.9. The maximum absolute atomic E-state index is 4.67. The van der Waals surface area contributed by atoms with E-state index in [1.165, 1.54) is 32.4 Å². The highest BCUT2D eigenvalue weighted by Crippen LogP contribution is 2.18. The molecule has 0 atom stereocenters. The van der Waals surface area contributed by atoms with Gasteiger partial charge in [0.1, 0.15) is 5.82 Å². The van der Waals surface area contributed by atoms with E-state index in [2.05, 4.69) is 29.2 Å². The van der Waals surface area contributed by atoms with Gasteiger partial charge in [-0.15, -0.1) is 0 Å². The first kappa shape index (κ1) is 13.5. The summed E-state index contributed by atoms with van der Waals surface area (Å²) in [5, 5.41) is 7.92. The molecule has 4 nitrogen and oxygen atoms in total. The summed E-state index contributed by atoms with van der Waals surface area (Å²) in [5.41, 5.74) is 0. The minimum absolute atomic E-state index is 0.629. The molecule has 18 heavy (non-hydrogen) atoms. The first-order valence-corrected chi connectivity index (χ1v) is 7.24. The molecule has 0 aliphatic carbocycles. The average molecular weight is 250 g/mol. The van der Waals surface area contributed by atoms with Gasteiger partial charge in [0.25, 0.3) is 0 Å². The number of hydrogen-bond acceptors (Lipinski definition) is 3. The van der Waals surface area contributed by atoms with Gasteiger partial charge in [0.2, 0.25) is 0 Å². The lowest BCUT2D eigenvalue weighted by Gasteiger charge is -2.22. The normalized spacial score (nSPS) is 17.6. The Labute approximate surface area is 110 Å². The third kappa shape index (κ3) is 3.80. The molecule has 1 saturated heterocycles. The molecule has 0 unspecified atom stereocenters. The van der Waals surface area contributed by atoms with Crippen LogP contribution in [0.1, 0.15) is 44.8 Å². The molecule has 1 aromatic rings. The number of nitrogens with zero attached hydrogens (tertiary/aromatic N) is 3. The number of aromatic nitrogens is 3. The second-order valence-corrected chi connectivity index (χ2v) is 5.90. The van der Waals surface area contributed by atoms with Gasteiger partial charge in [-0.1, -0.05) is 13.8 Å². The van der Waals surface area contributed by atoms with Crippen molar-refractivity contribution in [3.63, 3.8) is 0 Å². The van der Waals surface area contributed by atoms with Crippen LogP contribution in [0, 0.1) is 11.8 Å². The van der Waals surface area contributed by atoms with E-state index in [1.807, 2.05) is 11.7 Å². The largest absolute Gasteiger partial charge is 0.317 e. The second kappa shape index (κ2) is 6.32. The van der Waals surface area contributed by atoms with Crippen molar-refractivity contribution in [2.24, 2.45) is 18.9 Å². The van der Waals surface area contributed by atoms with Crippen molar-refractivity contribution in [3.8, 4) is 0 Å². The molecule has 1 aliphatic heterocycles. The summed E-state index contributed by atoms with van der Waals surface area (Å²) in [4.78, 5) is 4.67. The highest BCUT2D eigenvalue weighted by Gasteiger charge is 2.15. The van der Waals surface area contributed by atoms with Crippen LogP contribution in [0.5, 0.6) is 0 Å². The van der Waals surface area contributed by atoms with Crippen LogP contribution in [0.2, 0.25) is 0 Å². The van der Waals surface area contributed by atoms with Gasteiger partial charge in [-0.25, -0.2) is 4.98 Å². The van der Waals surface area contributed by atoms with E-state index in [9.17, 15) is 0 Å². The second-order valence-electron chi connectivity index (χ2n) is 5.90. The van der Waals surface area contributed by atoms with E-state index in [-0.39, 0.29) is 0 Å². The molecule has 1 aromatic heterocycles. The molecule has 1 N–H and O–H groups in total. The molecule has 0 bridgehead atoms. The van der Waals surface area contributed by atoms with E-state index < -0.39 is 0 Å². The average Bonchev–Trinajstić information content (AvgIpc) is 2.67. The maximum Gasteiger partial charge on any atom is 0.151 e. The van der Waals surface area contributed by atoms with Crippen LogP contribution in [0.15, 0.2) is 0 Å². The van der Waals surface area contributed by atoms with Crippen molar-refractivity contribution in [1.82, 2.24) is 20.1 Å². The fourth-order valence-corrected chi connectivity index (χ4v) is 2.65. The van der Waals surface area contributed by atoms with Crippen LogP contribution in [0.3, 0.4) is 0 Å². The number of aryl methyl sites for hydroxylation is 2. The quantitative estimate of drug-likeness (QED) is 0.868. The minimum Gasteiger partial charge on any atom is -0.317 e. The van der Waals surface area contributed by atoms with Gasteiger partial charge in [-0.3, -0.25) is 4.68 Å². The number of rotatable bonds is 5. The molecule has 0 aromatic carbocycles. The van der Waals surface area contributed by atoms with Crippen molar-refractivity contribution in [3.05, 3.63) is 11.6 Å². The minimum atomic E-state index is 0.629. The van der Waals surface area contributed by atoms with Gasteiger partial charge >= 0.3 is 0 Å². The third-order valence-corrected chi connectivity index (χ3v) is 3.72. The molecule has 1 aliphatic rings.